The molecule has 1 aliphatic heterocycles. The van der Waals surface area contributed by atoms with Crippen LogP contribution in [-0.2, 0) is 4.79 Å². The van der Waals surface area contributed by atoms with Gasteiger partial charge in [-0.05, 0) is 24.1 Å². The molecule has 0 spiro atoms. The minimum Gasteiger partial charge on any atom is -0.481 e. The molecule has 6 nitrogen and oxygen atoms in total. The smallest absolute Gasteiger partial charge is 0.321 e. The third kappa shape index (κ3) is 2.69. The normalized spacial score (nSPS) is 21.7. The van der Waals surface area contributed by atoms with E-state index in [1.54, 1.807) is 16.5 Å². The zero-order valence-corrected chi connectivity index (χ0v) is 12.3. The molecule has 2 atom stereocenters. The molecule has 1 fully saturated rings. The minimum atomic E-state index is -0.844. The average Bonchev–Trinajstić information content (AvgIpc) is 3.04. The lowest BCUT2D eigenvalue weighted by atomic mass is 9.99. The van der Waals surface area contributed by atoms with Crippen LogP contribution >= 0.6 is 11.3 Å². The summed E-state index contributed by atoms with van der Waals surface area (Å²) in [5.74, 6) is -1.36. The summed E-state index contributed by atoms with van der Waals surface area (Å²) < 4.78 is 1.01. The molecular weight excluding hydrogens is 290 g/mol. The summed E-state index contributed by atoms with van der Waals surface area (Å²) in [6.07, 6.45) is 0. The molecule has 0 aliphatic carbocycles. The van der Waals surface area contributed by atoms with Gasteiger partial charge in [0, 0.05) is 18.8 Å². The number of rotatable bonds is 2. The summed E-state index contributed by atoms with van der Waals surface area (Å²) in [6, 6.07) is 5.27. The van der Waals surface area contributed by atoms with Gasteiger partial charge in [-0.2, -0.15) is 0 Å². The van der Waals surface area contributed by atoms with Crippen LogP contribution in [0, 0.1) is 11.8 Å². The molecule has 0 radical (unpaired) electrons. The number of nitrogens with one attached hydrogen (secondary N) is 1. The highest BCUT2D eigenvalue weighted by Crippen LogP contribution is 2.25. The van der Waals surface area contributed by atoms with E-state index in [1.165, 1.54) is 11.3 Å². The summed E-state index contributed by atoms with van der Waals surface area (Å²) >= 11 is 1.51. The van der Waals surface area contributed by atoms with Crippen molar-refractivity contribution in [2.45, 2.75) is 6.92 Å². The van der Waals surface area contributed by atoms with E-state index in [0.717, 1.165) is 10.2 Å². The molecule has 7 heteroatoms. The lowest BCUT2D eigenvalue weighted by molar-refractivity contribution is -0.142. The van der Waals surface area contributed by atoms with E-state index in [9.17, 15) is 9.59 Å². The number of carbonyl (C=O) groups is 2. The first-order valence-electron chi connectivity index (χ1n) is 6.66. The van der Waals surface area contributed by atoms with E-state index in [0.29, 0.717) is 12.2 Å². The number of anilines is 1. The maximum absolute atomic E-state index is 12.2. The Morgan fingerprint density at radius 2 is 2.24 bits per heavy atom. The molecule has 1 saturated heterocycles. The molecular formula is C14H15N3O3S. The third-order valence-electron chi connectivity index (χ3n) is 3.80. The Bertz CT molecular complexity index is 700. The van der Waals surface area contributed by atoms with Crippen molar-refractivity contribution >= 4 is 39.2 Å². The fourth-order valence-electron chi connectivity index (χ4n) is 2.59. The van der Waals surface area contributed by atoms with Gasteiger partial charge in [0.05, 0.1) is 21.6 Å². The van der Waals surface area contributed by atoms with Crippen LogP contribution in [0.1, 0.15) is 6.92 Å². The van der Waals surface area contributed by atoms with E-state index < -0.39 is 11.9 Å². The number of likely N-dealkylation sites (tertiary alicyclic amines) is 1. The van der Waals surface area contributed by atoms with Crippen LogP contribution in [0.2, 0.25) is 0 Å². The number of carbonyl (C=O) groups excluding carboxylic acids is 1. The third-order valence-corrected chi connectivity index (χ3v) is 4.59. The molecule has 1 aromatic heterocycles. The van der Waals surface area contributed by atoms with Crippen molar-refractivity contribution in [2.75, 3.05) is 18.4 Å². The van der Waals surface area contributed by atoms with Gasteiger partial charge in [-0.1, -0.05) is 6.92 Å². The van der Waals surface area contributed by atoms with Crippen LogP contribution in [-0.4, -0.2) is 40.1 Å². The lowest BCUT2D eigenvalue weighted by Gasteiger charge is -2.16. The monoisotopic (exact) mass is 305 g/mol. The summed E-state index contributed by atoms with van der Waals surface area (Å²) in [5, 5.41) is 11.9. The van der Waals surface area contributed by atoms with Crippen LogP contribution in [0.4, 0.5) is 10.5 Å². The number of benzene rings is 1. The van der Waals surface area contributed by atoms with Crippen molar-refractivity contribution in [1.82, 2.24) is 9.88 Å². The molecule has 2 amide bonds. The number of aromatic nitrogens is 1. The van der Waals surface area contributed by atoms with Crippen molar-refractivity contribution in [3.8, 4) is 0 Å². The van der Waals surface area contributed by atoms with E-state index in [4.69, 9.17) is 5.11 Å². The highest BCUT2D eigenvalue weighted by molar-refractivity contribution is 7.16. The summed E-state index contributed by atoms with van der Waals surface area (Å²) in [7, 11) is 0. The number of nitrogens with zero attached hydrogens (tertiary/aromatic N) is 2. The number of carboxylic acid groups (broad SMARTS) is 1. The Balaban J connectivity index is 1.70. The van der Waals surface area contributed by atoms with Gasteiger partial charge in [-0.15, -0.1) is 11.3 Å². The topological polar surface area (TPSA) is 82.5 Å². The maximum Gasteiger partial charge on any atom is 0.321 e. The molecule has 1 aromatic carbocycles. The Morgan fingerprint density at radius 3 is 2.95 bits per heavy atom. The van der Waals surface area contributed by atoms with Crippen LogP contribution in [0.3, 0.4) is 0 Å². The van der Waals surface area contributed by atoms with Crippen LogP contribution in [0.15, 0.2) is 23.7 Å². The number of aliphatic carboxylic acids is 1. The van der Waals surface area contributed by atoms with Gasteiger partial charge in [0.2, 0.25) is 0 Å². The van der Waals surface area contributed by atoms with Gasteiger partial charge >= 0.3 is 12.0 Å². The fraction of sp³-hybridized carbons (Fsp3) is 0.357. The Morgan fingerprint density at radius 1 is 1.43 bits per heavy atom. The molecule has 2 N–H and O–H groups in total. The second-order valence-electron chi connectivity index (χ2n) is 5.29. The maximum atomic E-state index is 12.2. The van der Waals surface area contributed by atoms with E-state index in [1.807, 2.05) is 19.1 Å². The predicted octanol–water partition coefficient (Wildman–Crippen LogP) is 2.48. The van der Waals surface area contributed by atoms with Gasteiger partial charge in [0.15, 0.2) is 0 Å². The van der Waals surface area contributed by atoms with Gasteiger partial charge < -0.3 is 15.3 Å². The SMILES string of the molecule is C[C@@H]1CN(C(=O)Nc2ccc3ncsc3c2)C[C@H]1C(=O)O. The second kappa shape index (κ2) is 5.33. The average molecular weight is 305 g/mol. The molecule has 2 heterocycles. The summed E-state index contributed by atoms with van der Waals surface area (Å²) in [4.78, 5) is 29.0. The zero-order chi connectivity index (χ0) is 15.0. The second-order valence-corrected chi connectivity index (χ2v) is 6.18. The fourth-order valence-corrected chi connectivity index (χ4v) is 3.31. The summed E-state index contributed by atoms with van der Waals surface area (Å²) in [5.41, 5.74) is 3.36. The Labute approximate surface area is 125 Å². The molecule has 2 aromatic rings. The van der Waals surface area contributed by atoms with Crippen molar-refractivity contribution in [3.05, 3.63) is 23.7 Å². The van der Waals surface area contributed by atoms with E-state index >= 15 is 0 Å². The van der Waals surface area contributed by atoms with Crippen molar-refractivity contribution in [3.63, 3.8) is 0 Å². The van der Waals surface area contributed by atoms with Gasteiger partial charge in [0.25, 0.3) is 0 Å². The molecule has 21 heavy (non-hydrogen) atoms. The quantitative estimate of drug-likeness (QED) is 0.893. The van der Waals surface area contributed by atoms with E-state index in [-0.39, 0.29) is 18.5 Å². The van der Waals surface area contributed by atoms with Gasteiger partial charge in [-0.25, -0.2) is 9.78 Å². The van der Waals surface area contributed by atoms with Gasteiger partial charge in [-0.3, -0.25) is 4.79 Å². The molecule has 0 saturated carbocycles. The Hall–Kier alpha value is -2.15. The zero-order valence-electron chi connectivity index (χ0n) is 11.4. The number of urea groups is 1. The van der Waals surface area contributed by atoms with Crippen LogP contribution in [0.25, 0.3) is 10.2 Å². The number of carboxylic acids is 1. The van der Waals surface area contributed by atoms with Crippen molar-refractivity contribution in [2.24, 2.45) is 11.8 Å². The van der Waals surface area contributed by atoms with Crippen molar-refractivity contribution in [1.29, 1.82) is 0 Å². The number of hydrogen-bond donors (Lipinski definition) is 2. The number of thiazole rings is 1. The minimum absolute atomic E-state index is 0.0303. The van der Waals surface area contributed by atoms with Crippen LogP contribution in [0.5, 0.6) is 0 Å². The first kappa shape index (κ1) is 13.8. The highest BCUT2D eigenvalue weighted by atomic mass is 32.1. The molecule has 3 rings (SSSR count). The lowest BCUT2D eigenvalue weighted by Crippen LogP contribution is -2.33. The van der Waals surface area contributed by atoms with Crippen molar-refractivity contribution < 1.29 is 14.7 Å². The molecule has 0 unspecified atom stereocenters. The first-order chi connectivity index (χ1) is 10.0. The number of amides is 2. The first-order valence-corrected chi connectivity index (χ1v) is 7.54. The highest BCUT2D eigenvalue weighted by Gasteiger charge is 2.36. The number of hydrogen-bond acceptors (Lipinski definition) is 4. The van der Waals surface area contributed by atoms with E-state index in [2.05, 4.69) is 10.3 Å². The molecule has 110 valence electrons. The standard InChI is InChI=1S/C14H15N3O3S/c1-8-5-17(6-10(8)13(18)19)14(20)16-9-2-3-11-12(4-9)21-7-15-11/h2-4,7-8,10H,5-6H2,1H3,(H,16,20)(H,18,19)/t8-,10-/m1/s1. The largest absolute Gasteiger partial charge is 0.481 e. The van der Waals surface area contributed by atoms with Crippen LogP contribution < -0.4 is 5.32 Å². The number of fused-ring (bicyclic) bond motifs is 1. The molecule has 1 aliphatic rings. The Kier molecular flexibility index (Phi) is 3.50. The summed E-state index contributed by atoms with van der Waals surface area (Å²) in [6.45, 7) is 2.58. The van der Waals surface area contributed by atoms with Gasteiger partial charge in [0.1, 0.15) is 0 Å². The molecule has 0 bridgehead atoms. The predicted molar refractivity (Wildman–Crippen MR) is 80.5 cm³/mol.